The van der Waals surface area contributed by atoms with Crippen LogP contribution in [0.25, 0.3) is 0 Å². The van der Waals surface area contributed by atoms with Gasteiger partial charge in [0.1, 0.15) is 0 Å². The average Bonchev–Trinajstić information content (AvgIpc) is 2.90. The molecule has 0 aliphatic carbocycles. The van der Waals surface area contributed by atoms with E-state index < -0.39 is 4.92 Å². The van der Waals surface area contributed by atoms with E-state index in [1.165, 1.54) is 29.0 Å². The number of thioether (sulfide) groups is 1. The van der Waals surface area contributed by atoms with Gasteiger partial charge in [0.25, 0.3) is 11.6 Å². The van der Waals surface area contributed by atoms with E-state index in [1.54, 1.807) is 12.1 Å². The molecule has 18 heavy (non-hydrogen) atoms. The van der Waals surface area contributed by atoms with Crippen molar-refractivity contribution in [2.45, 2.75) is 11.3 Å². The number of hydrogen-bond acceptors (Lipinski definition) is 5. The van der Waals surface area contributed by atoms with Gasteiger partial charge in [0.2, 0.25) is 0 Å². The van der Waals surface area contributed by atoms with E-state index in [-0.39, 0.29) is 17.3 Å². The Morgan fingerprint density at radius 1 is 1.44 bits per heavy atom. The Morgan fingerprint density at radius 2 is 2.17 bits per heavy atom. The summed E-state index contributed by atoms with van der Waals surface area (Å²) in [5, 5.41) is 11.8. The van der Waals surface area contributed by atoms with Gasteiger partial charge >= 0.3 is 0 Å². The highest BCUT2D eigenvalue weighted by molar-refractivity contribution is 8.00. The quantitative estimate of drug-likeness (QED) is 0.473. The van der Waals surface area contributed by atoms with Crippen LogP contribution in [-0.2, 0) is 9.63 Å². The van der Waals surface area contributed by atoms with E-state index in [9.17, 15) is 14.9 Å². The zero-order chi connectivity index (χ0) is 13.0. The Balaban J connectivity index is 1.86. The molecule has 2 rings (SSSR count). The van der Waals surface area contributed by atoms with Crippen LogP contribution in [0.1, 0.15) is 6.42 Å². The fourth-order valence-electron chi connectivity index (χ4n) is 1.53. The van der Waals surface area contributed by atoms with Gasteiger partial charge in [-0.15, -0.1) is 11.8 Å². The largest absolute Gasteiger partial charge is 0.272 e. The van der Waals surface area contributed by atoms with Gasteiger partial charge in [-0.2, -0.15) is 0 Å². The summed E-state index contributed by atoms with van der Waals surface area (Å²) in [5.41, 5.74) is 0.0496. The van der Waals surface area contributed by atoms with Crippen molar-refractivity contribution in [3.8, 4) is 0 Å². The number of carbonyl (C=O) groups is 1. The first-order chi connectivity index (χ1) is 8.66. The van der Waals surface area contributed by atoms with Crippen LogP contribution in [0.2, 0.25) is 0 Å². The summed E-state index contributed by atoms with van der Waals surface area (Å²) in [7, 11) is 0. The highest BCUT2D eigenvalue weighted by Crippen LogP contribution is 2.22. The number of rotatable bonds is 4. The van der Waals surface area contributed by atoms with E-state index in [4.69, 9.17) is 4.84 Å². The zero-order valence-corrected chi connectivity index (χ0v) is 10.4. The summed E-state index contributed by atoms with van der Waals surface area (Å²) in [6.45, 7) is 1.23. The van der Waals surface area contributed by atoms with Crippen molar-refractivity contribution in [1.82, 2.24) is 5.06 Å². The number of non-ortho nitro benzene ring substituents is 1. The summed E-state index contributed by atoms with van der Waals surface area (Å²) in [6.07, 6.45) is 0.869. The van der Waals surface area contributed by atoms with Crippen LogP contribution in [0.5, 0.6) is 0 Å². The second-order valence-corrected chi connectivity index (χ2v) is 4.77. The van der Waals surface area contributed by atoms with Crippen molar-refractivity contribution in [1.29, 1.82) is 0 Å². The van der Waals surface area contributed by atoms with Crippen LogP contribution < -0.4 is 0 Å². The lowest BCUT2D eigenvalue weighted by atomic mass is 10.3. The maximum atomic E-state index is 11.7. The minimum Gasteiger partial charge on any atom is -0.272 e. The third kappa shape index (κ3) is 3.21. The molecule has 0 radical (unpaired) electrons. The molecule has 0 spiro atoms. The van der Waals surface area contributed by atoms with Crippen LogP contribution in [0.15, 0.2) is 29.2 Å². The van der Waals surface area contributed by atoms with Gasteiger partial charge in [0, 0.05) is 17.0 Å². The van der Waals surface area contributed by atoms with Crippen molar-refractivity contribution in [2.24, 2.45) is 0 Å². The molecule has 1 saturated heterocycles. The lowest BCUT2D eigenvalue weighted by molar-refractivity contribution is -0.384. The third-order valence-electron chi connectivity index (χ3n) is 2.44. The molecule has 0 unspecified atom stereocenters. The van der Waals surface area contributed by atoms with E-state index >= 15 is 0 Å². The lowest BCUT2D eigenvalue weighted by Gasteiger charge is -2.13. The molecule has 7 heteroatoms. The van der Waals surface area contributed by atoms with Crippen LogP contribution >= 0.6 is 11.8 Å². The number of nitro groups is 1. The fourth-order valence-corrected chi connectivity index (χ4v) is 2.29. The number of nitro benzene ring substituents is 1. The predicted molar refractivity (Wildman–Crippen MR) is 66.1 cm³/mol. The zero-order valence-electron chi connectivity index (χ0n) is 9.57. The van der Waals surface area contributed by atoms with E-state index in [1.807, 2.05) is 0 Å². The Bertz CT molecular complexity index is 443. The third-order valence-corrected chi connectivity index (χ3v) is 3.44. The summed E-state index contributed by atoms with van der Waals surface area (Å²) in [5.74, 6) is 0.202. The maximum absolute atomic E-state index is 11.7. The maximum Gasteiger partial charge on any atom is 0.269 e. The van der Waals surface area contributed by atoms with E-state index in [0.717, 1.165) is 11.3 Å². The predicted octanol–water partition coefficient (Wildman–Crippen LogP) is 1.85. The van der Waals surface area contributed by atoms with Crippen LogP contribution in [0, 0.1) is 10.1 Å². The highest BCUT2D eigenvalue weighted by atomic mass is 32.2. The number of hydroxylamine groups is 2. The van der Waals surface area contributed by atoms with Crippen molar-refractivity contribution in [2.75, 3.05) is 18.9 Å². The van der Waals surface area contributed by atoms with E-state index in [0.29, 0.717) is 13.2 Å². The molecule has 1 aliphatic heterocycles. The molecule has 1 aromatic carbocycles. The molecule has 1 fully saturated rings. The summed E-state index contributed by atoms with van der Waals surface area (Å²) in [6, 6.07) is 6.14. The van der Waals surface area contributed by atoms with Gasteiger partial charge in [-0.05, 0) is 18.6 Å². The Kier molecular flexibility index (Phi) is 4.16. The number of nitrogens with zero attached hydrogens (tertiary/aromatic N) is 2. The Hall–Kier alpha value is -1.60. The van der Waals surface area contributed by atoms with Crippen LogP contribution in [0.3, 0.4) is 0 Å². The first-order valence-corrected chi connectivity index (χ1v) is 6.46. The normalized spacial score (nSPS) is 14.8. The molecule has 1 aromatic rings. The van der Waals surface area contributed by atoms with Crippen molar-refractivity contribution in [3.63, 3.8) is 0 Å². The molecule has 0 atom stereocenters. The molecule has 6 nitrogen and oxygen atoms in total. The van der Waals surface area contributed by atoms with Crippen molar-refractivity contribution < 1.29 is 14.6 Å². The molecule has 96 valence electrons. The second-order valence-electron chi connectivity index (χ2n) is 3.72. The van der Waals surface area contributed by atoms with Gasteiger partial charge in [-0.3, -0.25) is 19.7 Å². The van der Waals surface area contributed by atoms with Crippen LogP contribution in [0.4, 0.5) is 5.69 Å². The SMILES string of the molecule is O=C(CSc1ccc([N+](=O)[O-])cc1)N1CCCO1. The first kappa shape index (κ1) is 12.8. The molecule has 1 amide bonds. The second kappa shape index (κ2) is 5.83. The topological polar surface area (TPSA) is 72.7 Å². The number of benzene rings is 1. The van der Waals surface area contributed by atoms with E-state index in [2.05, 4.69) is 0 Å². The number of amides is 1. The smallest absolute Gasteiger partial charge is 0.269 e. The van der Waals surface area contributed by atoms with Gasteiger partial charge in [-0.1, -0.05) is 0 Å². The summed E-state index contributed by atoms with van der Waals surface area (Å²) >= 11 is 1.34. The average molecular weight is 268 g/mol. The lowest BCUT2D eigenvalue weighted by Crippen LogP contribution is -2.28. The number of hydrogen-bond donors (Lipinski definition) is 0. The monoisotopic (exact) mass is 268 g/mol. The summed E-state index contributed by atoms with van der Waals surface area (Å²) < 4.78 is 0. The van der Waals surface area contributed by atoms with Gasteiger partial charge in [0.15, 0.2) is 0 Å². The number of carbonyl (C=O) groups excluding carboxylic acids is 1. The highest BCUT2D eigenvalue weighted by Gasteiger charge is 2.19. The molecular weight excluding hydrogens is 256 g/mol. The molecule has 0 aromatic heterocycles. The minimum absolute atomic E-state index is 0.0496. The molecule has 0 bridgehead atoms. The van der Waals surface area contributed by atoms with Gasteiger partial charge in [-0.25, -0.2) is 5.06 Å². The molecule has 0 N–H and O–H groups in total. The van der Waals surface area contributed by atoms with Crippen molar-refractivity contribution >= 4 is 23.4 Å². The Labute approximate surface area is 108 Å². The van der Waals surface area contributed by atoms with Crippen molar-refractivity contribution in [3.05, 3.63) is 34.4 Å². The van der Waals surface area contributed by atoms with Gasteiger partial charge in [0.05, 0.1) is 23.8 Å². The fraction of sp³-hybridized carbons (Fsp3) is 0.364. The van der Waals surface area contributed by atoms with Crippen LogP contribution in [-0.4, -0.2) is 34.8 Å². The molecule has 1 aliphatic rings. The minimum atomic E-state index is -0.447. The molecular formula is C11H12N2O4S. The standard InChI is InChI=1S/C11H12N2O4S/c14-11(12-6-1-7-17-12)8-18-10-4-2-9(3-5-10)13(15)16/h2-5H,1,6-8H2. The Morgan fingerprint density at radius 3 is 2.72 bits per heavy atom. The first-order valence-electron chi connectivity index (χ1n) is 5.47. The van der Waals surface area contributed by atoms with Gasteiger partial charge < -0.3 is 0 Å². The molecule has 0 saturated carbocycles. The summed E-state index contributed by atoms with van der Waals surface area (Å²) in [4.78, 5) is 27.7. The molecule has 1 heterocycles.